The van der Waals surface area contributed by atoms with Gasteiger partial charge >= 0.3 is 5.97 Å². The van der Waals surface area contributed by atoms with Crippen molar-refractivity contribution in [2.24, 2.45) is 7.05 Å². The van der Waals surface area contributed by atoms with Gasteiger partial charge < -0.3 is 5.11 Å². The fourth-order valence-electron chi connectivity index (χ4n) is 2.00. The molecule has 0 radical (unpaired) electrons. The molecule has 0 amide bonds. The van der Waals surface area contributed by atoms with Gasteiger partial charge in [-0.3, -0.25) is 4.68 Å². The van der Waals surface area contributed by atoms with Crippen LogP contribution in [0, 0.1) is 0 Å². The number of hydrogen-bond acceptors (Lipinski definition) is 3. The molecule has 0 fully saturated rings. The summed E-state index contributed by atoms with van der Waals surface area (Å²) < 4.78 is 2.87. The summed E-state index contributed by atoms with van der Waals surface area (Å²) in [5, 5.41) is 16.2. The van der Waals surface area contributed by atoms with E-state index in [1.54, 1.807) is 34.3 Å². The highest BCUT2D eigenvalue weighted by atomic mass is 32.1. The maximum Gasteiger partial charge on any atom is 0.335 e. The molecule has 0 aliphatic heterocycles. The number of fused-ring (bicyclic) bond motifs is 1. The standard InChI is InChI=1S/C13H10N2O2S/c1-15-11(4-5-14-15)10-7-18-12-3-2-8(13(16)17)6-9(10)12/h2-7H,1H3,(H,16,17). The SMILES string of the molecule is Cn1nccc1-c1csc2ccc(C(=O)O)cc12. The van der Waals surface area contributed by atoms with Crippen LogP contribution in [0.3, 0.4) is 0 Å². The summed E-state index contributed by atoms with van der Waals surface area (Å²) in [4.78, 5) is 11.0. The van der Waals surface area contributed by atoms with Gasteiger partial charge in [0.1, 0.15) is 0 Å². The van der Waals surface area contributed by atoms with Crippen molar-refractivity contribution in [1.82, 2.24) is 9.78 Å². The van der Waals surface area contributed by atoms with E-state index >= 15 is 0 Å². The largest absolute Gasteiger partial charge is 0.478 e. The van der Waals surface area contributed by atoms with Crippen molar-refractivity contribution in [2.45, 2.75) is 0 Å². The number of nitrogens with zero attached hydrogens (tertiary/aromatic N) is 2. The molecule has 1 aromatic carbocycles. The first-order chi connectivity index (χ1) is 8.66. The number of carboxylic acid groups (broad SMARTS) is 1. The van der Waals surface area contributed by atoms with Crippen LogP contribution in [-0.2, 0) is 7.05 Å². The third kappa shape index (κ3) is 1.60. The van der Waals surface area contributed by atoms with E-state index < -0.39 is 5.97 Å². The van der Waals surface area contributed by atoms with E-state index in [4.69, 9.17) is 5.11 Å². The van der Waals surface area contributed by atoms with Crippen molar-refractivity contribution in [3.05, 3.63) is 41.4 Å². The van der Waals surface area contributed by atoms with E-state index in [-0.39, 0.29) is 0 Å². The van der Waals surface area contributed by atoms with Gasteiger partial charge in [0.15, 0.2) is 0 Å². The maximum atomic E-state index is 11.0. The Kier molecular flexibility index (Phi) is 2.41. The van der Waals surface area contributed by atoms with Gasteiger partial charge in [-0.05, 0) is 24.3 Å². The molecular weight excluding hydrogens is 248 g/mol. The number of aryl methyl sites for hydroxylation is 1. The molecule has 3 rings (SSSR count). The van der Waals surface area contributed by atoms with Crippen molar-refractivity contribution in [3.8, 4) is 11.3 Å². The third-order valence-electron chi connectivity index (χ3n) is 2.92. The van der Waals surface area contributed by atoms with Crippen molar-refractivity contribution in [1.29, 1.82) is 0 Å². The summed E-state index contributed by atoms with van der Waals surface area (Å²) in [5.41, 5.74) is 2.33. The van der Waals surface area contributed by atoms with Crippen LogP contribution < -0.4 is 0 Å². The molecule has 0 saturated heterocycles. The predicted octanol–water partition coefficient (Wildman–Crippen LogP) is 3.00. The summed E-state index contributed by atoms with van der Waals surface area (Å²) >= 11 is 1.61. The number of carbonyl (C=O) groups is 1. The smallest absolute Gasteiger partial charge is 0.335 e. The average Bonchev–Trinajstić information content (AvgIpc) is 2.93. The average molecular weight is 258 g/mol. The van der Waals surface area contributed by atoms with Crippen molar-refractivity contribution in [2.75, 3.05) is 0 Å². The molecule has 18 heavy (non-hydrogen) atoms. The zero-order valence-corrected chi connectivity index (χ0v) is 10.4. The Labute approximate surface area is 107 Å². The van der Waals surface area contributed by atoms with Gasteiger partial charge in [0.05, 0.1) is 11.3 Å². The third-order valence-corrected chi connectivity index (χ3v) is 3.88. The maximum absolute atomic E-state index is 11.0. The minimum Gasteiger partial charge on any atom is -0.478 e. The van der Waals surface area contributed by atoms with E-state index in [2.05, 4.69) is 5.10 Å². The fourth-order valence-corrected chi connectivity index (χ4v) is 2.93. The Hall–Kier alpha value is -2.14. The molecule has 5 heteroatoms. The zero-order chi connectivity index (χ0) is 12.7. The van der Waals surface area contributed by atoms with Crippen molar-refractivity contribution >= 4 is 27.4 Å². The number of aromatic carboxylic acids is 1. The van der Waals surface area contributed by atoms with Gasteiger partial charge in [0.2, 0.25) is 0 Å². The van der Waals surface area contributed by atoms with Crippen molar-refractivity contribution in [3.63, 3.8) is 0 Å². The molecule has 2 heterocycles. The Balaban J connectivity index is 2.27. The number of hydrogen-bond donors (Lipinski definition) is 1. The van der Waals surface area contributed by atoms with E-state index in [0.29, 0.717) is 5.56 Å². The molecule has 2 aromatic heterocycles. The van der Waals surface area contributed by atoms with Crippen LogP contribution in [0.1, 0.15) is 10.4 Å². The number of carboxylic acids is 1. The lowest BCUT2D eigenvalue weighted by molar-refractivity contribution is 0.0697. The van der Waals surface area contributed by atoms with Gasteiger partial charge in [0, 0.05) is 34.3 Å². The van der Waals surface area contributed by atoms with Gasteiger partial charge in [-0.15, -0.1) is 11.3 Å². The normalized spacial score (nSPS) is 10.9. The lowest BCUT2D eigenvalue weighted by Crippen LogP contribution is -1.95. The summed E-state index contributed by atoms with van der Waals surface area (Å²) in [6, 6.07) is 7.13. The van der Waals surface area contributed by atoms with Crippen LogP contribution in [0.5, 0.6) is 0 Å². The van der Waals surface area contributed by atoms with Crippen LogP contribution in [0.15, 0.2) is 35.8 Å². The number of benzene rings is 1. The summed E-state index contributed by atoms with van der Waals surface area (Å²) in [7, 11) is 1.87. The lowest BCUT2D eigenvalue weighted by atomic mass is 10.1. The second-order valence-electron chi connectivity index (χ2n) is 4.01. The Morgan fingerprint density at radius 1 is 1.39 bits per heavy atom. The van der Waals surface area contributed by atoms with Gasteiger partial charge in [-0.2, -0.15) is 5.10 Å². The fraction of sp³-hybridized carbons (Fsp3) is 0.0769. The summed E-state index contributed by atoms with van der Waals surface area (Å²) in [6.45, 7) is 0. The van der Waals surface area contributed by atoms with E-state index in [0.717, 1.165) is 21.3 Å². The van der Waals surface area contributed by atoms with Gasteiger partial charge in [0.25, 0.3) is 0 Å². The van der Waals surface area contributed by atoms with Crippen LogP contribution in [0.4, 0.5) is 0 Å². The number of rotatable bonds is 2. The molecule has 0 spiro atoms. The highest BCUT2D eigenvalue weighted by Gasteiger charge is 2.12. The highest BCUT2D eigenvalue weighted by Crippen LogP contribution is 2.34. The van der Waals surface area contributed by atoms with Crippen LogP contribution >= 0.6 is 11.3 Å². The second kappa shape index (κ2) is 3.96. The monoisotopic (exact) mass is 258 g/mol. The molecule has 0 aliphatic carbocycles. The summed E-state index contributed by atoms with van der Waals surface area (Å²) in [6.07, 6.45) is 1.74. The molecule has 4 nitrogen and oxygen atoms in total. The Morgan fingerprint density at radius 3 is 2.89 bits per heavy atom. The van der Waals surface area contributed by atoms with Crippen LogP contribution in [0.25, 0.3) is 21.3 Å². The number of thiophene rings is 1. The molecular formula is C13H10N2O2S. The van der Waals surface area contributed by atoms with Crippen LogP contribution in [0.2, 0.25) is 0 Å². The van der Waals surface area contributed by atoms with Crippen LogP contribution in [-0.4, -0.2) is 20.9 Å². The molecule has 90 valence electrons. The van der Waals surface area contributed by atoms with Gasteiger partial charge in [-0.1, -0.05) is 0 Å². The first-order valence-electron chi connectivity index (χ1n) is 5.40. The zero-order valence-electron chi connectivity index (χ0n) is 9.62. The van der Waals surface area contributed by atoms with Gasteiger partial charge in [-0.25, -0.2) is 4.79 Å². The Morgan fingerprint density at radius 2 is 2.22 bits per heavy atom. The molecule has 1 N–H and O–H groups in total. The van der Waals surface area contributed by atoms with E-state index in [9.17, 15) is 4.79 Å². The Bertz CT molecular complexity index is 742. The molecule has 0 saturated carbocycles. The quantitative estimate of drug-likeness (QED) is 0.768. The first-order valence-corrected chi connectivity index (χ1v) is 6.27. The molecule has 0 atom stereocenters. The highest BCUT2D eigenvalue weighted by molar-refractivity contribution is 7.17. The molecule has 0 aliphatic rings. The minimum atomic E-state index is -0.904. The molecule has 3 aromatic rings. The first kappa shape index (κ1) is 11.0. The molecule has 0 unspecified atom stereocenters. The minimum absolute atomic E-state index is 0.310. The number of aromatic nitrogens is 2. The van der Waals surface area contributed by atoms with E-state index in [1.165, 1.54) is 0 Å². The lowest BCUT2D eigenvalue weighted by Gasteiger charge is -2.01. The second-order valence-corrected chi connectivity index (χ2v) is 4.92. The van der Waals surface area contributed by atoms with Crippen molar-refractivity contribution < 1.29 is 9.90 Å². The summed E-state index contributed by atoms with van der Waals surface area (Å²) in [5.74, 6) is -0.904. The topological polar surface area (TPSA) is 55.1 Å². The molecule has 0 bridgehead atoms. The predicted molar refractivity (Wildman–Crippen MR) is 71.0 cm³/mol. The van der Waals surface area contributed by atoms with E-state index in [1.807, 2.05) is 24.6 Å².